The van der Waals surface area contributed by atoms with E-state index in [1.54, 1.807) is 0 Å². The standard InChI is InChI=1S/C22H39NO6/c1-15(2)21(28-17(4)24)29-22(27)23-19-10-7-9-18(14-19)13-12-16(3)8-5-6-11-20(25)26/h15-16,18-19,21H,5-14H2,1-4H3,(H,23,27)(H,25,26)/t16-,18?,19?,21+/m1/s1. The molecule has 2 unspecified atom stereocenters. The van der Waals surface area contributed by atoms with Crippen LogP contribution >= 0.6 is 0 Å². The summed E-state index contributed by atoms with van der Waals surface area (Å²) in [6, 6.07) is 0.0947. The number of amides is 1. The van der Waals surface area contributed by atoms with Gasteiger partial charge in [0.15, 0.2) is 0 Å². The lowest BCUT2D eigenvalue weighted by Crippen LogP contribution is -2.41. The molecule has 1 amide bonds. The lowest BCUT2D eigenvalue weighted by atomic mass is 9.81. The Kier molecular flexibility index (Phi) is 11.7. The molecular formula is C22H39NO6. The van der Waals surface area contributed by atoms with Crippen LogP contribution in [-0.2, 0) is 19.1 Å². The molecule has 7 heteroatoms. The SMILES string of the molecule is CC(=O)O[C@@H](OC(=O)NC1CCCC(CC[C@H](C)CCCCC(=O)O)C1)C(C)C. The molecule has 1 aliphatic rings. The van der Waals surface area contributed by atoms with Gasteiger partial charge in [0.2, 0.25) is 0 Å². The van der Waals surface area contributed by atoms with Crippen molar-refractivity contribution in [3.05, 3.63) is 0 Å². The van der Waals surface area contributed by atoms with Gasteiger partial charge in [0.25, 0.3) is 6.29 Å². The summed E-state index contributed by atoms with van der Waals surface area (Å²) in [4.78, 5) is 33.9. The minimum Gasteiger partial charge on any atom is -0.481 e. The smallest absolute Gasteiger partial charge is 0.410 e. The average Bonchev–Trinajstić information content (AvgIpc) is 2.62. The molecule has 1 fully saturated rings. The number of carbonyl (C=O) groups is 3. The Morgan fingerprint density at radius 3 is 2.41 bits per heavy atom. The van der Waals surface area contributed by atoms with Crippen LogP contribution in [0.1, 0.15) is 91.9 Å². The summed E-state index contributed by atoms with van der Waals surface area (Å²) in [6.07, 6.45) is 8.07. The fourth-order valence-corrected chi connectivity index (χ4v) is 3.88. The average molecular weight is 414 g/mol. The minimum absolute atomic E-state index is 0.0947. The maximum Gasteiger partial charge on any atom is 0.410 e. The van der Waals surface area contributed by atoms with Crippen molar-refractivity contribution < 1.29 is 29.0 Å². The number of hydrogen-bond acceptors (Lipinski definition) is 5. The van der Waals surface area contributed by atoms with E-state index in [9.17, 15) is 14.4 Å². The van der Waals surface area contributed by atoms with E-state index in [1.807, 2.05) is 13.8 Å². The van der Waals surface area contributed by atoms with Gasteiger partial charge in [-0.05, 0) is 31.1 Å². The predicted molar refractivity (Wildman–Crippen MR) is 110 cm³/mol. The van der Waals surface area contributed by atoms with E-state index in [0.29, 0.717) is 11.8 Å². The van der Waals surface area contributed by atoms with Gasteiger partial charge in [-0.1, -0.05) is 59.3 Å². The number of aliphatic carboxylic acids is 1. The monoisotopic (exact) mass is 413 g/mol. The van der Waals surface area contributed by atoms with Gasteiger partial charge < -0.3 is 19.9 Å². The maximum absolute atomic E-state index is 12.2. The molecule has 29 heavy (non-hydrogen) atoms. The Labute approximate surface area is 174 Å². The third-order valence-electron chi connectivity index (χ3n) is 5.56. The summed E-state index contributed by atoms with van der Waals surface area (Å²) in [7, 11) is 0. The molecule has 0 aromatic heterocycles. The van der Waals surface area contributed by atoms with E-state index in [4.69, 9.17) is 14.6 Å². The second-order valence-electron chi connectivity index (χ2n) is 8.82. The zero-order valence-corrected chi connectivity index (χ0v) is 18.4. The van der Waals surface area contributed by atoms with Gasteiger partial charge in [0.05, 0.1) is 0 Å². The first-order valence-electron chi connectivity index (χ1n) is 11.0. The fourth-order valence-electron chi connectivity index (χ4n) is 3.88. The van der Waals surface area contributed by atoms with Crippen molar-refractivity contribution in [2.24, 2.45) is 17.8 Å². The van der Waals surface area contributed by atoms with Crippen LogP contribution in [0.5, 0.6) is 0 Å². The molecule has 0 heterocycles. The van der Waals surface area contributed by atoms with E-state index in [0.717, 1.165) is 51.4 Å². The van der Waals surface area contributed by atoms with Gasteiger partial charge in [0, 0.05) is 25.3 Å². The van der Waals surface area contributed by atoms with Crippen molar-refractivity contribution >= 4 is 18.0 Å². The molecule has 1 rings (SSSR count). The maximum atomic E-state index is 12.2. The Morgan fingerprint density at radius 1 is 1.07 bits per heavy atom. The summed E-state index contributed by atoms with van der Waals surface area (Å²) < 4.78 is 10.4. The first-order chi connectivity index (χ1) is 13.7. The fraction of sp³-hybridized carbons (Fsp3) is 0.864. The molecule has 1 aliphatic carbocycles. The van der Waals surface area contributed by atoms with Crippen LogP contribution in [0.2, 0.25) is 0 Å². The van der Waals surface area contributed by atoms with Crippen LogP contribution < -0.4 is 5.32 Å². The number of nitrogens with one attached hydrogen (secondary N) is 1. The summed E-state index contributed by atoms with van der Waals surface area (Å²) in [5, 5.41) is 11.6. The second-order valence-corrected chi connectivity index (χ2v) is 8.82. The van der Waals surface area contributed by atoms with Crippen molar-refractivity contribution in [3.63, 3.8) is 0 Å². The lowest BCUT2D eigenvalue weighted by molar-refractivity contribution is -0.172. The largest absolute Gasteiger partial charge is 0.481 e. The van der Waals surface area contributed by atoms with Gasteiger partial charge in [0.1, 0.15) is 0 Å². The number of carboxylic acids is 1. The molecule has 168 valence electrons. The Bertz CT molecular complexity index is 521. The molecule has 1 saturated carbocycles. The van der Waals surface area contributed by atoms with E-state index >= 15 is 0 Å². The summed E-state index contributed by atoms with van der Waals surface area (Å²) >= 11 is 0. The Balaban J connectivity index is 2.31. The quantitative estimate of drug-likeness (QED) is 0.269. The van der Waals surface area contributed by atoms with E-state index < -0.39 is 24.3 Å². The number of alkyl carbamates (subject to hydrolysis) is 1. The highest BCUT2D eigenvalue weighted by Crippen LogP contribution is 2.30. The van der Waals surface area contributed by atoms with Gasteiger partial charge >= 0.3 is 18.0 Å². The van der Waals surface area contributed by atoms with Crippen LogP contribution in [0.3, 0.4) is 0 Å². The molecule has 0 spiro atoms. The number of carboxylic acid groups (broad SMARTS) is 1. The van der Waals surface area contributed by atoms with Crippen molar-refractivity contribution in [2.45, 2.75) is 104 Å². The summed E-state index contributed by atoms with van der Waals surface area (Å²) in [5.74, 6) is -0.112. The first kappa shape index (κ1) is 25.2. The van der Waals surface area contributed by atoms with Crippen molar-refractivity contribution in [1.29, 1.82) is 0 Å². The molecule has 2 N–H and O–H groups in total. The topological polar surface area (TPSA) is 102 Å². The van der Waals surface area contributed by atoms with Crippen LogP contribution in [-0.4, -0.2) is 35.5 Å². The molecule has 7 nitrogen and oxygen atoms in total. The van der Waals surface area contributed by atoms with E-state index in [2.05, 4.69) is 12.2 Å². The highest BCUT2D eigenvalue weighted by molar-refractivity contribution is 5.69. The summed E-state index contributed by atoms with van der Waals surface area (Å²) in [6.45, 7) is 7.20. The molecule has 0 aromatic rings. The Hall–Kier alpha value is -1.79. The van der Waals surface area contributed by atoms with Crippen molar-refractivity contribution in [1.82, 2.24) is 5.32 Å². The zero-order chi connectivity index (χ0) is 21.8. The number of rotatable bonds is 12. The number of carbonyl (C=O) groups excluding carboxylic acids is 2. The van der Waals surface area contributed by atoms with Crippen LogP contribution in [0, 0.1) is 17.8 Å². The first-order valence-corrected chi connectivity index (χ1v) is 11.0. The molecular weight excluding hydrogens is 374 g/mol. The normalized spacial score (nSPS) is 21.3. The summed E-state index contributed by atoms with van der Waals surface area (Å²) in [5.41, 5.74) is 0. The van der Waals surface area contributed by atoms with Crippen LogP contribution in [0.15, 0.2) is 0 Å². The van der Waals surface area contributed by atoms with Crippen molar-refractivity contribution in [2.75, 3.05) is 0 Å². The van der Waals surface area contributed by atoms with Crippen LogP contribution in [0.4, 0.5) is 4.79 Å². The molecule has 0 aliphatic heterocycles. The minimum atomic E-state index is -0.867. The number of unbranched alkanes of at least 4 members (excludes halogenated alkanes) is 1. The van der Waals surface area contributed by atoms with Gasteiger partial charge in [-0.25, -0.2) is 4.79 Å². The van der Waals surface area contributed by atoms with Gasteiger partial charge in [-0.15, -0.1) is 0 Å². The third-order valence-corrected chi connectivity index (χ3v) is 5.56. The number of hydrogen-bond donors (Lipinski definition) is 2. The molecule has 0 radical (unpaired) electrons. The van der Waals surface area contributed by atoms with Crippen molar-refractivity contribution in [3.8, 4) is 0 Å². The number of ether oxygens (including phenoxy) is 2. The highest BCUT2D eigenvalue weighted by atomic mass is 16.7. The molecule has 4 atom stereocenters. The second kappa shape index (κ2) is 13.4. The lowest BCUT2D eigenvalue weighted by Gasteiger charge is -2.31. The predicted octanol–water partition coefficient (Wildman–Crippen LogP) is 4.88. The molecule has 0 saturated heterocycles. The van der Waals surface area contributed by atoms with Crippen LogP contribution in [0.25, 0.3) is 0 Å². The van der Waals surface area contributed by atoms with E-state index in [-0.39, 0.29) is 18.4 Å². The molecule has 0 aromatic carbocycles. The number of esters is 1. The third kappa shape index (κ3) is 11.7. The van der Waals surface area contributed by atoms with Gasteiger partial charge in [-0.3, -0.25) is 9.59 Å². The Morgan fingerprint density at radius 2 is 1.79 bits per heavy atom. The molecule has 0 bridgehead atoms. The zero-order valence-electron chi connectivity index (χ0n) is 18.4. The highest BCUT2D eigenvalue weighted by Gasteiger charge is 2.26. The van der Waals surface area contributed by atoms with E-state index in [1.165, 1.54) is 13.3 Å². The van der Waals surface area contributed by atoms with Gasteiger partial charge in [-0.2, -0.15) is 0 Å².